The highest BCUT2D eigenvalue weighted by molar-refractivity contribution is 7.89. The molecular formula is C25H26N2O3S. The molecule has 2 aromatic rings. The van der Waals surface area contributed by atoms with Crippen LogP contribution in [-0.4, -0.2) is 36.5 Å². The highest BCUT2D eigenvalue weighted by Crippen LogP contribution is 2.43. The minimum atomic E-state index is -3.87. The first-order valence-corrected chi connectivity index (χ1v) is 12.2. The second kappa shape index (κ2) is 9.24. The molecular weight excluding hydrogens is 408 g/mol. The molecule has 31 heavy (non-hydrogen) atoms. The zero-order valence-corrected chi connectivity index (χ0v) is 18.1. The zero-order valence-electron chi connectivity index (χ0n) is 17.3. The lowest BCUT2D eigenvalue weighted by atomic mass is 9.78. The van der Waals surface area contributed by atoms with Crippen LogP contribution in [0.4, 0.5) is 0 Å². The number of aliphatic hydroxyl groups is 1. The van der Waals surface area contributed by atoms with Crippen molar-refractivity contribution in [1.82, 2.24) is 4.31 Å². The van der Waals surface area contributed by atoms with Gasteiger partial charge in [-0.3, -0.25) is 0 Å². The third-order valence-corrected chi connectivity index (χ3v) is 8.24. The molecule has 0 aromatic heterocycles. The van der Waals surface area contributed by atoms with Crippen LogP contribution in [0.5, 0.6) is 0 Å². The van der Waals surface area contributed by atoms with E-state index in [4.69, 9.17) is 0 Å². The third kappa shape index (κ3) is 4.25. The summed E-state index contributed by atoms with van der Waals surface area (Å²) in [6.45, 7) is -0.349. The van der Waals surface area contributed by atoms with E-state index in [1.807, 2.05) is 24.3 Å². The van der Waals surface area contributed by atoms with Crippen molar-refractivity contribution >= 4 is 10.0 Å². The fourth-order valence-electron chi connectivity index (χ4n) is 4.63. The van der Waals surface area contributed by atoms with E-state index in [0.29, 0.717) is 5.92 Å². The Balaban J connectivity index is 1.54. The maximum atomic E-state index is 13.1. The van der Waals surface area contributed by atoms with Crippen molar-refractivity contribution in [1.29, 1.82) is 5.26 Å². The number of nitriles is 1. The summed E-state index contributed by atoms with van der Waals surface area (Å²) < 4.78 is 27.3. The predicted molar refractivity (Wildman–Crippen MR) is 118 cm³/mol. The summed E-state index contributed by atoms with van der Waals surface area (Å²) in [4.78, 5) is 0.125. The largest absolute Gasteiger partial charge is 0.395 e. The topological polar surface area (TPSA) is 81.4 Å². The van der Waals surface area contributed by atoms with Gasteiger partial charge in [0.2, 0.25) is 10.0 Å². The smallest absolute Gasteiger partial charge is 0.244 e. The number of aliphatic hydroxyl groups excluding tert-OH is 1. The van der Waals surface area contributed by atoms with Gasteiger partial charge in [0.1, 0.15) is 6.04 Å². The van der Waals surface area contributed by atoms with Crippen LogP contribution in [0.25, 0.3) is 0 Å². The van der Waals surface area contributed by atoms with Crippen molar-refractivity contribution in [3.63, 3.8) is 0 Å². The van der Waals surface area contributed by atoms with E-state index in [1.54, 1.807) is 18.2 Å². The minimum absolute atomic E-state index is 0.125. The molecule has 1 aliphatic carbocycles. The first-order chi connectivity index (χ1) is 15.1. The number of rotatable bonds is 4. The van der Waals surface area contributed by atoms with E-state index < -0.39 is 22.1 Å². The third-order valence-electron chi connectivity index (χ3n) is 6.32. The van der Waals surface area contributed by atoms with Crippen molar-refractivity contribution in [2.45, 2.75) is 55.0 Å². The molecule has 2 aliphatic rings. The monoisotopic (exact) mass is 434 g/mol. The molecule has 1 saturated carbocycles. The van der Waals surface area contributed by atoms with Crippen molar-refractivity contribution < 1.29 is 13.5 Å². The van der Waals surface area contributed by atoms with Crippen LogP contribution in [0.2, 0.25) is 0 Å². The molecule has 160 valence electrons. The lowest BCUT2D eigenvalue weighted by molar-refractivity contribution is 0.0557. The molecule has 0 bridgehead atoms. The molecule has 2 fully saturated rings. The molecule has 1 N–H and O–H groups in total. The highest BCUT2D eigenvalue weighted by atomic mass is 32.2. The standard InChI is InChI=1S/C25H26N2O3S/c26-17-23-25(24(18-28)27(23)31(29,30)22-9-5-2-6-10-22)21-15-13-20(14-16-21)12-11-19-7-3-1-4-8-19/h2,5-6,9-10,13-16,19,23-25,28H,1,3-4,7-8,18H2/t23-,24-,25+/m1/s1. The number of hydrogen-bond donors (Lipinski definition) is 1. The van der Waals surface area contributed by atoms with E-state index in [1.165, 1.54) is 44.2 Å². The predicted octanol–water partition coefficient (Wildman–Crippen LogP) is 3.66. The maximum Gasteiger partial charge on any atom is 0.244 e. The van der Waals surface area contributed by atoms with Gasteiger partial charge in [-0.25, -0.2) is 8.42 Å². The molecule has 1 aliphatic heterocycles. The van der Waals surface area contributed by atoms with Crippen LogP contribution in [0.3, 0.4) is 0 Å². The molecule has 1 saturated heterocycles. The fraction of sp³-hybridized carbons (Fsp3) is 0.400. The molecule has 3 atom stereocenters. The second-order valence-electron chi connectivity index (χ2n) is 8.22. The zero-order chi connectivity index (χ0) is 21.8. The van der Waals surface area contributed by atoms with Crippen molar-refractivity contribution in [3.05, 3.63) is 65.7 Å². The quantitative estimate of drug-likeness (QED) is 0.745. The molecule has 5 nitrogen and oxygen atoms in total. The summed E-state index contributed by atoms with van der Waals surface area (Å²) in [7, 11) is -3.87. The van der Waals surface area contributed by atoms with Crippen LogP contribution in [0.15, 0.2) is 59.5 Å². The number of nitrogens with zero attached hydrogens (tertiary/aromatic N) is 2. The Morgan fingerprint density at radius 1 is 1.00 bits per heavy atom. The van der Waals surface area contributed by atoms with Crippen molar-refractivity contribution in [3.8, 4) is 17.9 Å². The first kappa shape index (κ1) is 21.6. The Morgan fingerprint density at radius 3 is 2.29 bits per heavy atom. The van der Waals surface area contributed by atoms with Crippen LogP contribution in [-0.2, 0) is 10.0 Å². The van der Waals surface area contributed by atoms with Crippen LogP contribution >= 0.6 is 0 Å². The molecule has 0 spiro atoms. The summed E-state index contributed by atoms with van der Waals surface area (Å²) in [5, 5.41) is 19.7. The normalized spacial score (nSPS) is 24.5. The Morgan fingerprint density at radius 2 is 1.68 bits per heavy atom. The number of sulfonamides is 1. The first-order valence-electron chi connectivity index (χ1n) is 10.8. The second-order valence-corrected chi connectivity index (χ2v) is 10.1. The Hall–Kier alpha value is -2.64. The van der Waals surface area contributed by atoms with E-state index in [2.05, 4.69) is 17.9 Å². The van der Waals surface area contributed by atoms with Gasteiger partial charge in [-0.15, -0.1) is 0 Å². The highest BCUT2D eigenvalue weighted by Gasteiger charge is 2.55. The van der Waals surface area contributed by atoms with Gasteiger partial charge in [-0.05, 0) is 42.7 Å². The van der Waals surface area contributed by atoms with Crippen LogP contribution in [0.1, 0.15) is 49.1 Å². The van der Waals surface area contributed by atoms with Gasteiger partial charge in [0.25, 0.3) is 0 Å². The molecule has 0 amide bonds. The van der Waals surface area contributed by atoms with Gasteiger partial charge >= 0.3 is 0 Å². The van der Waals surface area contributed by atoms with Gasteiger partial charge < -0.3 is 5.11 Å². The van der Waals surface area contributed by atoms with Gasteiger partial charge in [0.05, 0.1) is 23.6 Å². The van der Waals surface area contributed by atoms with Gasteiger partial charge in [-0.2, -0.15) is 9.57 Å². The molecule has 0 radical (unpaired) electrons. The van der Waals surface area contributed by atoms with Gasteiger partial charge in [0, 0.05) is 17.4 Å². The van der Waals surface area contributed by atoms with E-state index in [0.717, 1.165) is 15.4 Å². The maximum absolute atomic E-state index is 13.1. The SMILES string of the molecule is N#C[C@@H]1[C@H](c2ccc(C#CC3CCCCC3)cc2)[C@@H](CO)N1S(=O)(=O)c1ccccc1. The summed E-state index contributed by atoms with van der Waals surface area (Å²) in [5.41, 5.74) is 1.75. The fourth-order valence-corrected chi connectivity index (χ4v) is 6.41. The lowest BCUT2D eigenvalue weighted by Gasteiger charge is -2.50. The number of benzene rings is 2. The Labute approximate surface area is 184 Å². The van der Waals surface area contributed by atoms with Gasteiger partial charge in [-0.1, -0.05) is 61.4 Å². The average Bonchev–Trinajstić information content (AvgIpc) is 2.79. The van der Waals surface area contributed by atoms with E-state index >= 15 is 0 Å². The van der Waals surface area contributed by atoms with E-state index in [-0.39, 0.29) is 17.4 Å². The molecule has 0 unspecified atom stereocenters. The Bertz CT molecular complexity index is 1110. The van der Waals surface area contributed by atoms with Crippen molar-refractivity contribution in [2.24, 2.45) is 5.92 Å². The molecule has 6 heteroatoms. The number of hydrogen-bond acceptors (Lipinski definition) is 4. The summed E-state index contributed by atoms with van der Waals surface area (Å²) in [6.07, 6.45) is 6.14. The van der Waals surface area contributed by atoms with E-state index in [9.17, 15) is 18.8 Å². The Kier molecular flexibility index (Phi) is 6.43. The van der Waals surface area contributed by atoms with Gasteiger partial charge in [0.15, 0.2) is 0 Å². The summed E-state index contributed by atoms with van der Waals surface area (Å²) in [6, 6.07) is 16.3. The van der Waals surface area contributed by atoms with Crippen LogP contribution < -0.4 is 0 Å². The summed E-state index contributed by atoms with van der Waals surface area (Å²) >= 11 is 0. The molecule has 2 aromatic carbocycles. The summed E-state index contributed by atoms with van der Waals surface area (Å²) in [5.74, 6) is 6.71. The van der Waals surface area contributed by atoms with Crippen LogP contribution in [0, 0.1) is 29.1 Å². The average molecular weight is 435 g/mol. The van der Waals surface area contributed by atoms with Crippen molar-refractivity contribution in [2.75, 3.05) is 6.61 Å². The lowest BCUT2D eigenvalue weighted by Crippen LogP contribution is -2.64. The molecule has 4 rings (SSSR count). The minimum Gasteiger partial charge on any atom is -0.395 e. The molecule has 1 heterocycles.